The van der Waals surface area contributed by atoms with Crippen LogP contribution in [0.1, 0.15) is 24.3 Å². The number of nitrogens with zero attached hydrogens (tertiary/aromatic N) is 2. The topological polar surface area (TPSA) is 67.2 Å². The summed E-state index contributed by atoms with van der Waals surface area (Å²) in [6.45, 7) is 3.49. The second kappa shape index (κ2) is 3.79. The van der Waals surface area contributed by atoms with Gasteiger partial charge in [-0.05, 0) is 19.9 Å². The maximum absolute atomic E-state index is 11.5. The maximum Gasteiger partial charge on any atom is 0.269 e. The lowest BCUT2D eigenvalue weighted by atomic mass is 10.1. The third-order valence-corrected chi connectivity index (χ3v) is 1.74. The van der Waals surface area contributed by atoms with Crippen molar-refractivity contribution in [3.63, 3.8) is 0 Å². The van der Waals surface area contributed by atoms with Gasteiger partial charge >= 0.3 is 0 Å². The van der Waals surface area contributed by atoms with Crippen molar-refractivity contribution in [2.24, 2.45) is 7.05 Å². The van der Waals surface area contributed by atoms with Gasteiger partial charge < -0.3 is 10.4 Å². The second-order valence-corrected chi connectivity index (χ2v) is 3.84. The van der Waals surface area contributed by atoms with Gasteiger partial charge in [-0.2, -0.15) is 5.10 Å². The van der Waals surface area contributed by atoms with E-state index >= 15 is 0 Å². The number of carbonyl (C=O) groups excluding carboxylic acids is 1. The summed E-state index contributed by atoms with van der Waals surface area (Å²) in [6, 6.07) is 1.62. The van der Waals surface area contributed by atoms with Gasteiger partial charge in [0.25, 0.3) is 5.91 Å². The number of aliphatic hydroxyl groups is 1. The monoisotopic (exact) mass is 197 g/mol. The Morgan fingerprint density at radius 2 is 2.36 bits per heavy atom. The molecular weight excluding hydrogens is 182 g/mol. The first kappa shape index (κ1) is 10.7. The molecule has 0 unspecified atom stereocenters. The van der Waals surface area contributed by atoms with Crippen molar-refractivity contribution in [3.05, 3.63) is 18.0 Å². The predicted octanol–water partition coefficient (Wildman–Crippen LogP) is -0.0792. The SMILES string of the molecule is Cn1nccc1C(=O)NCC(C)(C)O. The Bertz CT molecular complexity index is 325. The predicted molar refractivity (Wildman–Crippen MR) is 51.8 cm³/mol. The molecule has 78 valence electrons. The molecule has 1 aromatic rings. The van der Waals surface area contributed by atoms with E-state index in [4.69, 9.17) is 0 Å². The highest BCUT2D eigenvalue weighted by Crippen LogP contribution is 2.00. The molecule has 1 aromatic heterocycles. The van der Waals surface area contributed by atoms with Crippen molar-refractivity contribution in [1.29, 1.82) is 0 Å². The van der Waals surface area contributed by atoms with Crippen LogP contribution in [0.3, 0.4) is 0 Å². The molecule has 0 aliphatic heterocycles. The highest BCUT2D eigenvalue weighted by atomic mass is 16.3. The molecule has 0 aromatic carbocycles. The van der Waals surface area contributed by atoms with Crippen LogP contribution in [0.15, 0.2) is 12.3 Å². The van der Waals surface area contributed by atoms with Crippen LogP contribution in [-0.4, -0.2) is 32.9 Å². The van der Waals surface area contributed by atoms with E-state index in [0.29, 0.717) is 5.69 Å². The van der Waals surface area contributed by atoms with E-state index in [-0.39, 0.29) is 12.5 Å². The molecule has 0 aliphatic carbocycles. The second-order valence-electron chi connectivity index (χ2n) is 3.84. The number of rotatable bonds is 3. The smallest absolute Gasteiger partial charge is 0.269 e. The number of nitrogens with one attached hydrogen (secondary N) is 1. The van der Waals surface area contributed by atoms with Gasteiger partial charge in [0, 0.05) is 19.8 Å². The van der Waals surface area contributed by atoms with Crippen LogP contribution in [0, 0.1) is 0 Å². The van der Waals surface area contributed by atoms with Crippen LogP contribution in [0.4, 0.5) is 0 Å². The van der Waals surface area contributed by atoms with Crippen molar-refractivity contribution < 1.29 is 9.90 Å². The average molecular weight is 197 g/mol. The molecule has 0 saturated carbocycles. The molecule has 0 spiro atoms. The van der Waals surface area contributed by atoms with Gasteiger partial charge in [-0.3, -0.25) is 9.48 Å². The lowest BCUT2D eigenvalue weighted by Gasteiger charge is -2.17. The fourth-order valence-corrected chi connectivity index (χ4v) is 0.984. The van der Waals surface area contributed by atoms with Gasteiger partial charge in [-0.1, -0.05) is 0 Å². The summed E-state index contributed by atoms with van der Waals surface area (Å²) in [6.07, 6.45) is 1.55. The van der Waals surface area contributed by atoms with Crippen molar-refractivity contribution in [1.82, 2.24) is 15.1 Å². The summed E-state index contributed by atoms with van der Waals surface area (Å²) in [7, 11) is 1.69. The molecule has 0 saturated heterocycles. The van der Waals surface area contributed by atoms with Crippen LogP contribution >= 0.6 is 0 Å². The van der Waals surface area contributed by atoms with Crippen LogP contribution in [0.5, 0.6) is 0 Å². The van der Waals surface area contributed by atoms with E-state index in [9.17, 15) is 9.90 Å². The molecular formula is C9H15N3O2. The molecule has 0 atom stereocenters. The van der Waals surface area contributed by atoms with Crippen molar-refractivity contribution in [2.75, 3.05) is 6.54 Å². The standard InChI is InChI=1S/C9H15N3O2/c1-9(2,14)6-10-8(13)7-4-5-11-12(7)3/h4-5,14H,6H2,1-3H3,(H,10,13). The van der Waals surface area contributed by atoms with Crippen LogP contribution in [0.25, 0.3) is 0 Å². The third-order valence-electron chi connectivity index (χ3n) is 1.74. The number of aromatic nitrogens is 2. The summed E-state index contributed by atoms with van der Waals surface area (Å²) in [5.41, 5.74) is -0.414. The Morgan fingerprint density at radius 1 is 1.71 bits per heavy atom. The first-order valence-electron chi connectivity index (χ1n) is 4.39. The first-order valence-corrected chi connectivity index (χ1v) is 4.39. The van der Waals surface area contributed by atoms with Crippen molar-refractivity contribution in [3.8, 4) is 0 Å². The Hall–Kier alpha value is -1.36. The fraction of sp³-hybridized carbons (Fsp3) is 0.556. The Kier molecular flexibility index (Phi) is 2.90. The minimum atomic E-state index is -0.895. The van der Waals surface area contributed by atoms with Gasteiger partial charge in [0.1, 0.15) is 5.69 Å². The molecule has 0 fully saturated rings. The molecule has 2 N–H and O–H groups in total. The van der Waals surface area contributed by atoms with Gasteiger partial charge in [0.05, 0.1) is 5.60 Å². The first-order chi connectivity index (χ1) is 6.40. The highest BCUT2D eigenvalue weighted by molar-refractivity contribution is 5.92. The molecule has 14 heavy (non-hydrogen) atoms. The summed E-state index contributed by atoms with van der Waals surface area (Å²) < 4.78 is 1.49. The molecule has 5 heteroatoms. The van der Waals surface area contributed by atoms with Gasteiger partial charge in [-0.15, -0.1) is 0 Å². The number of amides is 1. The number of hydrogen-bond acceptors (Lipinski definition) is 3. The van der Waals surface area contributed by atoms with E-state index in [1.165, 1.54) is 4.68 Å². The maximum atomic E-state index is 11.5. The fourth-order valence-electron chi connectivity index (χ4n) is 0.984. The zero-order valence-electron chi connectivity index (χ0n) is 8.61. The molecule has 5 nitrogen and oxygen atoms in total. The van der Waals surface area contributed by atoms with E-state index in [1.807, 2.05) is 0 Å². The molecule has 1 rings (SSSR count). The zero-order valence-corrected chi connectivity index (χ0v) is 8.61. The van der Waals surface area contributed by atoms with Crippen molar-refractivity contribution >= 4 is 5.91 Å². The van der Waals surface area contributed by atoms with Gasteiger partial charge in [0.15, 0.2) is 0 Å². The Balaban J connectivity index is 2.56. The molecule has 0 bridgehead atoms. The molecule has 0 aliphatic rings. The van der Waals surface area contributed by atoms with E-state index < -0.39 is 5.60 Å². The summed E-state index contributed by atoms with van der Waals surface area (Å²) in [5, 5.41) is 15.9. The number of hydrogen-bond donors (Lipinski definition) is 2. The third kappa shape index (κ3) is 2.85. The minimum absolute atomic E-state index is 0.219. The highest BCUT2D eigenvalue weighted by Gasteiger charge is 2.16. The Labute approximate surface area is 82.7 Å². The number of aryl methyl sites for hydroxylation is 1. The van der Waals surface area contributed by atoms with Crippen LogP contribution in [0.2, 0.25) is 0 Å². The molecule has 0 radical (unpaired) electrons. The normalized spacial score (nSPS) is 11.4. The minimum Gasteiger partial charge on any atom is -0.389 e. The number of carbonyl (C=O) groups is 1. The summed E-state index contributed by atoms with van der Waals surface area (Å²) in [5.74, 6) is -0.230. The Morgan fingerprint density at radius 3 is 2.79 bits per heavy atom. The quantitative estimate of drug-likeness (QED) is 0.712. The van der Waals surface area contributed by atoms with Gasteiger partial charge in [0.2, 0.25) is 0 Å². The molecule has 1 amide bonds. The lowest BCUT2D eigenvalue weighted by molar-refractivity contribution is 0.0689. The van der Waals surface area contributed by atoms with Crippen molar-refractivity contribution in [2.45, 2.75) is 19.4 Å². The van der Waals surface area contributed by atoms with E-state index in [0.717, 1.165) is 0 Å². The van der Waals surface area contributed by atoms with Crippen LogP contribution < -0.4 is 5.32 Å². The van der Waals surface area contributed by atoms with E-state index in [2.05, 4.69) is 10.4 Å². The van der Waals surface area contributed by atoms with E-state index in [1.54, 1.807) is 33.2 Å². The largest absolute Gasteiger partial charge is 0.389 e. The lowest BCUT2D eigenvalue weighted by Crippen LogP contribution is -2.38. The van der Waals surface area contributed by atoms with Gasteiger partial charge in [-0.25, -0.2) is 0 Å². The average Bonchev–Trinajstić information content (AvgIpc) is 2.46. The zero-order chi connectivity index (χ0) is 10.8. The molecule has 1 heterocycles. The summed E-state index contributed by atoms with van der Waals surface area (Å²) >= 11 is 0. The van der Waals surface area contributed by atoms with Crippen LogP contribution in [-0.2, 0) is 7.05 Å². The summed E-state index contributed by atoms with van der Waals surface area (Å²) in [4.78, 5) is 11.5.